The van der Waals surface area contributed by atoms with E-state index < -0.39 is 7.26 Å². The molecule has 1 aliphatic heterocycles. The van der Waals surface area contributed by atoms with Gasteiger partial charge in [-0.15, -0.1) is 0 Å². The quantitative estimate of drug-likeness (QED) is 0.813. The molecule has 1 saturated heterocycles. The maximum Gasteiger partial charge on any atom is 0.280 e. The second-order valence-corrected chi connectivity index (χ2v) is 11.5. The number of benzene rings is 1. The van der Waals surface area contributed by atoms with Crippen LogP contribution in [0.25, 0.3) is 0 Å². The second kappa shape index (κ2) is 8.10. The molecule has 1 heterocycles. The van der Waals surface area contributed by atoms with Gasteiger partial charge in [0.15, 0.2) is 5.78 Å². The van der Waals surface area contributed by atoms with E-state index in [4.69, 9.17) is 5.26 Å². The van der Waals surface area contributed by atoms with Crippen LogP contribution in [-0.4, -0.2) is 37.7 Å². The van der Waals surface area contributed by atoms with Crippen molar-refractivity contribution in [3.8, 4) is 6.07 Å². The first-order valence-corrected chi connectivity index (χ1v) is 11.4. The molecule has 1 aromatic carbocycles. The Morgan fingerprint density at radius 3 is 2.17 bits per heavy atom. The van der Waals surface area contributed by atoms with Crippen molar-refractivity contribution in [2.24, 2.45) is 0 Å². The fourth-order valence-electron chi connectivity index (χ4n) is 3.81. The normalized spacial score (nSPS) is 18.3. The number of nitriles is 1. The predicted molar refractivity (Wildman–Crippen MR) is 103 cm³/mol. The van der Waals surface area contributed by atoms with Gasteiger partial charge in [-0.2, -0.15) is 5.26 Å². The number of hydrogen-bond acceptors (Lipinski definition) is 3. The van der Waals surface area contributed by atoms with Crippen molar-refractivity contribution in [3.63, 3.8) is 0 Å². The molecule has 0 saturated carbocycles. The summed E-state index contributed by atoms with van der Waals surface area (Å²) in [5.41, 5.74) is 3.37. The van der Waals surface area contributed by atoms with Crippen molar-refractivity contribution in [2.75, 3.05) is 31.4 Å². The van der Waals surface area contributed by atoms with Gasteiger partial charge in [-0.25, -0.2) is 0 Å². The molecule has 2 N–H and O–H groups in total. The summed E-state index contributed by atoms with van der Waals surface area (Å²) in [6.07, 6.45) is 7.45. The molecule has 1 aromatic rings. The molecule has 1 fully saturated rings. The molecular formula is C19H29N3OP+. The van der Waals surface area contributed by atoms with Crippen molar-refractivity contribution in [3.05, 3.63) is 28.8 Å². The van der Waals surface area contributed by atoms with Crippen molar-refractivity contribution in [1.29, 1.82) is 5.26 Å². The zero-order chi connectivity index (χ0) is 17.7. The summed E-state index contributed by atoms with van der Waals surface area (Å²) in [5.74, 6) is -0.0174. The molecule has 0 bridgehead atoms. The molecular weight excluding hydrogens is 317 g/mol. The third-order valence-corrected chi connectivity index (χ3v) is 9.56. The Hall–Kier alpha value is -1.43. The van der Waals surface area contributed by atoms with Crippen molar-refractivity contribution >= 4 is 18.9 Å². The Balaban J connectivity index is 2.22. The highest BCUT2D eigenvalue weighted by Crippen LogP contribution is 2.61. The van der Waals surface area contributed by atoms with E-state index in [0.717, 1.165) is 16.8 Å². The first kappa shape index (κ1) is 18.9. The number of carbonyl (C=O) groups excluding carboxylic acids is 1. The van der Waals surface area contributed by atoms with E-state index in [1.807, 2.05) is 33.0 Å². The van der Waals surface area contributed by atoms with Crippen molar-refractivity contribution < 1.29 is 4.79 Å². The monoisotopic (exact) mass is 346 g/mol. The van der Waals surface area contributed by atoms with Crippen LogP contribution in [0.3, 0.4) is 0 Å². The van der Waals surface area contributed by atoms with E-state index in [9.17, 15) is 4.79 Å². The van der Waals surface area contributed by atoms with Gasteiger partial charge < -0.3 is 5.32 Å². The van der Waals surface area contributed by atoms with Crippen LogP contribution < -0.4 is 10.6 Å². The van der Waals surface area contributed by atoms with Crippen molar-refractivity contribution in [1.82, 2.24) is 5.32 Å². The summed E-state index contributed by atoms with van der Waals surface area (Å²) in [6, 6.07) is 5.83. The average molecular weight is 346 g/mol. The fourth-order valence-corrected chi connectivity index (χ4v) is 7.70. The maximum atomic E-state index is 13.0. The SMILES string of the molecule is CNC(C(=O)Nc1c(C)cc(C#N)cc1C)[P+]1(C)CCCCCC1. The maximum absolute atomic E-state index is 13.0. The first-order chi connectivity index (χ1) is 11.4. The van der Waals surface area contributed by atoms with E-state index in [0.29, 0.717) is 5.56 Å². The highest BCUT2D eigenvalue weighted by atomic mass is 31.2. The predicted octanol–water partition coefficient (Wildman–Crippen LogP) is 3.88. The first-order valence-electron chi connectivity index (χ1n) is 8.75. The highest BCUT2D eigenvalue weighted by molar-refractivity contribution is 7.76. The van der Waals surface area contributed by atoms with Gasteiger partial charge in [-0.05, 0) is 69.8 Å². The lowest BCUT2D eigenvalue weighted by atomic mass is 10.0. The van der Waals surface area contributed by atoms with Crippen LogP contribution in [0.2, 0.25) is 0 Å². The van der Waals surface area contributed by atoms with Crippen molar-refractivity contribution in [2.45, 2.75) is 45.3 Å². The molecule has 0 aliphatic carbocycles. The number of rotatable bonds is 4. The van der Waals surface area contributed by atoms with Gasteiger partial charge in [0.1, 0.15) is 0 Å². The fraction of sp³-hybridized carbons (Fsp3) is 0.579. The van der Waals surface area contributed by atoms with E-state index in [2.05, 4.69) is 23.4 Å². The smallest absolute Gasteiger partial charge is 0.280 e. The van der Waals surface area contributed by atoms with E-state index in [1.165, 1.54) is 38.0 Å². The third kappa shape index (κ3) is 4.15. The minimum Gasteiger partial charge on any atom is -0.321 e. The van der Waals surface area contributed by atoms with Gasteiger partial charge in [0.2, 0.25) is 0 Å². The summed E-state index contributed by atoms with van der Waals surface area (Å²) >= 11 is 0. The van der Waals surface area contributed by atoms with Gasteiger partial charge >= 0.3 is 0 Å². The number of nitrogens with zero attached hydrogens (tertiary/aromatic N) is 1. The van der Waals surface area contributed by atoms with Crippen LogP contribution >= 0.6 is 7.26 Å². The standard InChI is InChI=1S/C19H28N3OP/c1-14-11-16(13-20)12-15(2)17(14)22-18(23)19(21-3)24(4)9-7-5-6-8-10-24/h11-12,19,21H,5-10H2,1-4H3/p+1. The van der Waals surface area contributed by atoms with Crippen LogP contribution in [0, 0.1) is 25.2 Å². The molecule has 1 unspecified atom stereocenters. The molecule has 0 radical (unpaired) electrons. The molecule has 5 heteroatoms. The number of carbonyl (C=O) groups is 1. The van der Waals surface area contributed by atoms with Gasteiger partial charge in [0.25, 0.3) is 5.91 Å². The zero-order valence-electron chi connectivity index (χ0n) is 15.3. The van der Waals surface area contributed by atoms with E-state index >= 15 is 0 Å². The Labute approximate surface area is 146 Å². The molecule has 130 valence electrons. The largest absolute Gasteiger partial charge is 0.321 e. The van der Waals surface area contributed by atoms with Gasteiger partial charge in [0, 0.05) is 12.9 Å². The average Bonchev–Trinajstić information content (AvgIpc) is 2.76. The zero-order valence-corrected chi connectivity index (χ0v) is 16.2. The lowest BCUT2D eigenvalue weighted by Crippen LogP contribution is -2.41. The molecule has 24 heavy (non-hydrogen) atoms. The van der Waals surface area contributed by atoms with E-state index in [-0.39, 0.29) is 11.7 Å². The summed E-state index contributed by atoms with van der Waals surface area (Å²) in [5, 5.41) is 15.5. The van der Waals surface area contributed by atoms with Gasteiger partial charge in [0.05, 0.1) is 30.6 Å². The summed E-state index contributed by atoms with van der Waals surface area (Å²) in [4.78, 5) is 13.0. The molecule has 1 amide bonds. The van der Waals surface area contributed by atoms with Crippen LogP contribution in [0.1, 0.15) is 42.4 Å². The Morgan fingerprint density at radius 2 is 1.71 bits per heavy atom. The third-order valence-electron chi connectivity index (χ3n) is 5.14. The lowest BCUT2D eigenvalue weighted by molar-refractivity contribution is -0.116. The van der Waals surface area contributed by atoms with Crippen LogP contribution in [0.15, 0.2) is 12.1 Å². The van der Waals surface area contributed by atoms with Crippen LogP contribution in [-0.2, 0) is 4.79 Å². The summed E-state index contributed by atoms with van der Waals surface area (Å²) in [7, 11) is 0.571. The Kier molecular flexibility index (Phi) is 6.38. The van der Waals surface area contributed by atoms with Gasteiger partial charge in [-0.1, -0.05) is 0 Å². The number of aryl methyl sites for hydroxylation is 2. The molecule has 4 nitrogen and oxygen atoms in total. The number of likely N-dealkylation sites (N-methyl/N-ethyl adjacent to an activating group) is 1. The molecule has 1 atom stereocenters. The number of nitrogens with one attached hydrogen (secondary N) is 2. The molecule has 0 aromatic heterocycles. The summed E-state index contributed by atoms with van der Waals surface area (Å²) in [6.45, 7) is 6.23. The Bertz CT molecular complexity index is 619. The number of hydrogen-bond donors (Lipinski definition) is 2. The van der Waals surface area contributed by atoms with E-state index in [1.54, 1.807) is 0 Å². The summed E-state index contributed by atoms with van der Waals surface area (Å²) < 4.78 is 0. The molecule has 0 spiro atoms. The molecule has 2 rings (SSSR count). The topological polar surface area (TPSA) is 64.9 Å². The van der Waals surface area contributed by atoms with Crippen LogP contribution in [0.4, 0.5) is 5.69 Å². The van der Waals surface area contributed by atoms with Gasteiger partial charge in [-0.3, -0.25) is 10.1 Å². The van der Waals surface area contributed by atoms with Crippen LogP contribution in [0.5, 0.6) is 0 Å². The second-order valence-electron chi connectivity index (χ2n) is 7.12. The molecule has 1 aliphatic rings. The minimum absolute atomic E-state index is 0.0751. The Morgan fingerprint density at radius 1 is 1.17 bits per heavy atom. The highest BCUT2D eigenvalue weighted by Gasteiger charge is 2.45. The number of anilines is 1. The lowest BCUT2D eigenvalue weighted by Gasteiger charge is -2.29. The minimum atomic E-state index is -1.33. The number of amides is 1.